The lowest BCUT2D eigenvalue weighted by atomic mass is 9.88. The highest BCUT2D eigenvalue weighted by atomic mass is 79.9. The van der Waals surface area contributed by atoms with Crippen molar-refractivity contribution < 1.29 is 23.1 Å². The number of carbonyl (C=O) groups is 1. The van der Waals surface area contributed by atoms with Crippen molar-refractivity contribution >= 4 is 33.6 Å². The van der Waals surface area contributed by atoms with Gasteiger partial charge in [-0.1, -0.05) is 34.3 Å². The summed E-state index contributed by atoms with van der Waals surface area (Å²) in [6.45, 7) is 9.06. The number of allylic oxidation sites excluding steroid dienone is 4. The first-order valence-corrected chi connectivity index (χ1v) is 12.0. The summed E-state index contributed by atoms with van der Waals surface area (Å²) in [5.74, 6) is -1.61. The Kier molecular flexibility index (Phi) is 7.31. The van der Waals surface area contributed by atoms with Crippen LogP contribution in [-0.4, -0.2) is 17.2 Å². The van der Waals surface area contributed by atoms with E-state index in [-0.39, 0.29) is 22.6 Å². The molecule has 0 spiro atoms. The molecule has 1 aromatic rings. The summed E-state index contributed by atoms with van der Waals surface area (Å²) in [4.78, 5) is 13.6. The van der Waals surface area contributed by atoms with E-state index in [9.17, 15) is 23.1 Å². The van der Waals surface area contributed by atoms with Crippen molar-refractivity contribution in [2.24, 2.45) is 17.4 Å². The van der Waals surface area contributed by atoms with E-state index in [1.807, 2.05) is 0 Å². The van der Waals surface area contributed by atoms with Crippen LogP contribution in [0.2, 0.25) is 0 Å². The van der Waals surface area contributed by atoms with Crippen molar-refractivity contribution in [2.75, 3.05) is 0 Å². The van der Waals surface area contributed by atoms with Gasteiger partial charge < -0.3 is 16.6 Å². The number of rotatable bonds is 6. The Labute approximate surface area is 208 Å². The van der Waals surface area contributed by atoms with Crippen LogP contribution in [0.3, 0.4) is 0 Å². The van der Waals surface area contributed by atoms with Crippen LogP contribution in [0.15, 0.2) is 78.4 Å². The first-order chi connectivity index (χ1) is 15.8. The summed E-state index contributed by atoms with van der Waals surface area (Å²) >= 11 is 4.70. The number of aromatic hydroxyl groups is 1. The molecule has 0 fully saturated rings. The van der Waals surface area contributed by atoms with Crippen LogP contribution >= 0.6 is 27.7 Å². The van der Waals surface area contributed by atoms with Gasteiger partial charge >= 0.3 is 6.18 Å². The monoisotopic (exact) mass is 552 g/mol. The van der Waals surface area contributed by atoms with Gasteiger partial charge in [-0.2, -0.15) is 13.2 Å². The zero-order chi connectivity index (χ0) is 25.5. The Bertz CT molecular complexity index is 1270. The van der Waals surface area contributed by atoms with E-state index in [0.29, 0.717) is 39.4 Å². The van der Waals surface area contributed by atoms with Crippen LogP contribution in [-0.2, 0) is 11.2 Å². The van der Waals surface area contributed by atoms with Crippen LogP contribution in [0.4, 0.5) is 13.2 Å². The number of carbonyl (C=O) groups excluding carboxylic acids is 1. The highest BCUT2D eigenvalue weighted by molar-refractivity contribution is 9.10. The molecule has 0 radical (unpaired) electrons. The normalized spacial score (nSPS) is 18.3. The van der Waals surface area contributed by atoms with Gasteiger partial charge in [0.15, 0.2) is 0 Å². The molecule has 34 heavy (non-hydrogen) atoms. The van der Waals surface area contributed by atoms with E-state index in [2.05, 4.69) is 28.2 Å². The third-order valence-corrected chi connectivity index (χ3v) is 7.66. The number of primary amides is 1. The van der Waals surface area contributed by atoms with Gasteiger partial charge in [0.2, 0.25) is 0 Å². The molecule has 180 valence electrons. The number of halogens is 4. The Hall–Kier alpha value is -2.61. The molecule has 4 nitrogen and oxygen atoms in total. The highest BCUT2D eigenvalue weighted by Gasteiger charge is 2.45. The maximum Gasteiger partial charge on any atom is 0.417 e. The van der Waals surface area contributed by atoms with Crippen LogP contribution in [0.5, 0.6) is 5.75 Å². The smallest absolute Gasteiger partial charge is 0.417 e. The summed E-state index contributed by atoms with van der Waals surface area (Å²) in [6, 6.07) is 3.27. The average molecular weight is 553 g/mol. The number of nitrogens with two attached hydrogens (primary N) is 2. The molecule has 2 aliphatic rings. The van der Waals surface area contributed by atoms with Crippen molar-refractivity contribution in [3.8, 4) is 5.75 Å². The summed E-state index contributed by atoms with van der Waals surface area (Å²) in [7, 11) is 0. The molecule has 0 aromatic heterocycles. The lowest BCUT2D eigenvalue weighted by molar-refractivity contribution is -0.114. The maximum absolute atomic E-state index is 14.1. The van der Waals surface area contributed by atoms with Gasteiger partial charge in [0.05, 0.1) is 11.1 Å². The van der Waals surface area contributed by atoms with Crippen LogP contribution in [0, 0.1) is 12.8 Å². The minimum absolute atomic E-state index is 0.0103. The molecular formula is C25H24BrF3N2O2S. The molecule has 1 amide bonds. The number of phenols is 1. The summed E-state index contributed by atoms with van der Waals surface area (Å²) in [5, 5.41) is 10.1. The zero-order valence-electron chi connectivity index (χ0n) is 18.9. The van der Waals surface area contributed by atoms with E-state index >= 15 is 0 Å². The fourth-order valence-corrected chi connectivity index (χ4v) is 5.80. The summed E-state index contributed by atoms with van der Waals surface area (Å²) in [5.41, 5.74) is 15.3. The minimum atomic E-state index is -4.75. The number of thioether (sulfide) groups is 1. The van der Waals surface area contributed by atoms with Gasteiger partial charge in [-0.3, -0.25) is 4.79 Å². The topological polar surface area (TPSA) is 89.3 Å². The van der Waals surface area contributed by atoms with Crippen molar-refractivity contribution in [3.05, 3.63) is 89.5 Å². The van der Waals surface area contributed by atoms with E-state index in [4.69, 9.17) is 11.5 Å². The van der Waals surface area contributed by atoms with Gasteiger partial charge in [0.1, 0.15) is 5.75 Å². The Morgan fingerprint density at radius 1 is 1.32 bits per heavy atom. The van der Waals surface area contributed by atoms with Crippen molar-refractivity contribution in [3.63, 3.8) is 0 Å². The molecule has 0 saturated heterocycles. The third-order valence-electron chi connectivity index (χ3n) is 5.84. The number of hydrogen-bond donors (Lipinski definition) is 3. The first-order valence-electron chi connectivity index (χ1n) is 10.3. The molecule has 5 N–H and O–H groups in total. The molecule has 0 bridgehead atoms. The van der Waals surface area contributed by atoms with Gasteiger partial charge in [-0.05, 0) is 73.4 Å². The van der Waals surface area contributed by atoms with Crippen molar-refractivity contribution in [1.29, 1.82) is 0 Å². The molecule has 9 heteroatoms. The van der Waals surface area contributed by atoms with Crippen molar-refractivity contribution in [1.82, 2.24) is 0 Å². The molecule has 0 saturated carbocycles. The number of alkyl halides is 3. The van der Waals surface area contributed by atoms with E-state index in [0.717, 1.165) is 16.1 Å². The quantitative estimate of drug-likeness (QED) is 0.365. The number of benzene rings is 1. The predicted octanol–water partition coefficient (Wildman–Crippen LogP) is 6.22. The van der Waals surface area contributed by atoms with Gasteiger partial charge in [0.25, 0.3) is 5.91 Å². The second-order valence-corrected chi connectivity index (χ2v) is 10.4. The molecule has 1 aromatic carbocycles. The molecule has 2 aliphatic carbocycles. The van der Waals surface area contributed by atoms with Gasteiger partial charge in [0, 0.05) is 32.1 Å². The van der Waals surface area contributed by atoms with Crippen LogP contribution in [0.1, 0.15) is 31.4 Å². The second-order valence-electron chi connectivity index (χ2n) is 8.20. The molecule has 1 atom stereocenters. The fraction of sp³-hybridized carbons (Fsp3) is 0.280. The predicted molar refractivity (Wildman–Crippen MR) is 133 cm³/mol. The molecule has 0 heterocycles. The van der Waals surface area contributed by atoms with E-state index < -0.39 is 23.6 Å². The van der Waals surface area contributed by atoms with Gasteiger partial charge in [-0.25, -0.2) is 0 Å². The molecule has 1 unspecified atom stereocenters. The number of hydrogen-bond acceptors (Lipinski definition) is 4. The second kappa shape index (κ2) is 9.56. The Morgan fingerprint density at radius 3 is 2.53 bits per heavy atom. The lowest BCUT2D eigenvalue weighted by Gasteiger charge is -2.21. The Morgan fingerprint density at radius 2 is 1.97 bits per heavy atom. The molecular weight excluding hydrogens is 529 g/mol. The van der Waals surface area contributed by atoms with Crippen molar-refractivity contribution in [2.45, 2.75) is 39.8 Å². The standard InChI is InChI=1S/C25H24BrF3N2O2S/c1-11(2)34-23-12(3)5-8-16(25(27,28)29)20-19(23)15(22(30)21(20)24(31)33)7-6-14-13(4)18(32)10-9-17(14)26/h8-10,15,32H,1,6-7,30H2,2-4H3,(H2,31,33). The van der Waals surface area contributed by atoms with Crippen LogP contribution in [0.25, 0.3) is 0 Å². The number of amides is 1. The molecule has 3 rings (SSSR count). The SMILES string of the molecule is C=C(C)SC1=C2C(=C(C(F)(F)F)C=C=C1C)C(C(N)=O)=C(N)C2CCc1c(Br)ccc(O)c1C. The highest BCUT2D eigenvalue weighted by Crippen LogP contribution is 2.52. The summed E-state index contributed by atoms with van der Waals surface area (Å²) < 4.78 is 43.2. The Balaban J connectivity index is 2.28. The number of phenolic OH excluding ortho intramolecular Hbond substituents is 1. The zero-order valence-corrected chi connectivity index (χ0v) is 21.3. The first kappa shape index (κ1) is 26.0. The van der Waals surface area contributed by atoms with E-state index in [1.54, 1.807) is 32.9 Å². The summed E-state index contributed by atoms with van der Waals surface area (Å²) in [6.07, 6.45) is -3.22. The minimum Gasteiger partial charge on any atom is -0.508 e. The fourth-order valence-electron chi connectivity index (χ4n) is 4.26. The number of fused-ring (bicyclic) bond motifs is 1. The van der Waals surface area contributed by atoms with Gasteiger partial charge in [-0.15, -0.1) is 5.73 Å². The maximum atomic E-state index is 14.1. The van der Waals surface area contributed by atoms with Crippen LogP contribution < -0.4 is 11.5 Å². The lowest BCUT2D eigenvalue weighted by Crippen LogP contribution is -2.21. The third kappa shape index (κ3) is 4.78. The van der Waals surface area contributed by atoms with E-state index in [1.165, 1.54) is 11.8 Å². The molecule has 0 aliphatic heterocycles. The largest absolute Gasteiger partial charge is 0.508 e. The average Bonchev–Trinajstić information content (AvgIpc) is 2.91.